The maximum absolute atomic E-state index is 10.7. The largest absolute Gasteiger partial charge is 0.368 e. The van der Waals surface area contributed by atoms with Crippen molar-refractivity contribution in [3.63, 3.8) is 0 Å². The lowest BCUT2D eigenvalue weighted by Crippen LogP contribution is -2.27. The van der Waals surface area contributed by atoms with Gasteiger partial charge in [-0.3, -0.25) is 15.1 Å². The minimum Gasteiger partial charge on any atom is -0.368 e. The summed E-state index contributed by atoms with van der Waals surface area (Å²) < 4.78 is 0. The molecule has 25 heavy (non-hydrogen) atoms. The van der Waals surface area contributed by atoms with E-state index in [2.05, 4.69) is 26.3 Å². The Morgan fingerprint density at radius 1 is 1.44 bits per heavy atom. The van der Waals surface area contributed by atoms with Gasteiger partial charge in [0.15, 0.2) is 0 Å². The second-order valence-corrected chi connectivity index (χ2v) is 6.09. The fourth-order valence-corrected chi connectivity index (χ4v) is 3.08. The number of nitro groups is 1. The molecule has 1 atom stereocenters. The first-order valence-electron chi connectivity index (χ1n) is 7.98. The van der Waals surface area contributed by atoms with Crippen molar-refractivity contribution in [3.8, 4) is 6.07 Å². The third-order valence-corrected chi connectivity index (χ3v) is 4.26. The van der Waals surface area contributed by atoms with E-state index < -0.39 is 4.92 Å². The molecule has 0 aliphatic carbocycles. The number of anilines is 2. The van der Waals surface area contributed by atoms with Gasteiger partial charge in [0.25, 0.3) is 5.69 Å². The summed E-state index contributed by atoms with van der Waals surface area (Å²) in [6.07, 6.45) is 2.14. The molecule has 0 saturated carbocycles. The third kappa shape index (κ3) is 3.50. The molecule has 3 heterocycles. The van der Waals surface area contributed by atoms with E-state index in [0.29, 0.717) is 11.4 Å². The molecule has 0 radical (unpaired) electrons. The molecule has 1 N–H and O–H groups in total. The number of nitriles is 1. The van der Waals surface area contributed by atoms with Crippen molar-refractivity contribution in [2.24, 2.45) is 0 Å². The van der Waals surface area contributed by atoms with Crippen LogP contribution in [0.4, 0.5) is 17.2 Å². The van der Waals surface area contributed by atoms with Gasteiger partial charge in [-0.15, -0.1) is 0 Å². The van der Waals surface area contributed by atoms with E-state index in [-0.39, 0.29) is 11.7 Å². The molecule has 8 heteroatoms. The molecule has 0 unspecified atom stereocenters. The molecule has 128 valence electrons. The van der Waals surface area contributed by atoms with Gasteiger partial charge in [0, 0.05) is 30.9 Å². The van der Waals surface area contributed by atoms with Crippen LogP contribution in [0, 0.1) is 35.3 Å². The van der Waals surface area contributed by atoms with Crippen molar-refractivity contribution in [1.82, 2.24) is 9.97 Å². The van der Waals surface area contributed by atoms with Gasteiger partial charge < -0.3 is 10.2 Å². The van der Waals surface area contributed by atoms with Gasteiger partial charge in [-0.1, -0.05) is 0 Å². The van der Waals surface area contributed by atoms with E-state index in [1.54, 1.807) is 6.07 Å². The number of nitrogens with zero attached hydrogens (tertiary/aromatic N) is 5. The minimum atomic E-state index is -0.467. The number of aryl methyl sites for hydroxylation is 2. The van der Waals surface area contributed by atoms with Gasteiger partial charge >= 0.3 is 0 Å². The number of rotatable bonds is 4. The smallest absolute Gasteiger partial charge is 0.287 e. The second-order valence-electron chi connectivity index (χ2n) is 6.09. The zero-order valence-corrected chi connectivity index (χ0v) is 14.1. The highest BCUT2D eigenvalue weighted by molar-refractivity contribution is 5.62. The maximum Gasteiger partial charge on any atom is 0.287 e. The van der Waals surface area contributed by atoms with Crippen LogP contribution < -0.4 is 10.2 Å². The Hall–Kier alpha value is -3.21. The molecule has 1 aliphatic rings. The lowest BCUT2D eigenvalue weighted by atomic mass is 10.1. The molecule has 8 nitrogen and oxygen atoms in total. The molecular formula is C17H18N6O2. The van der Waals surface area contributed by atoms with E-state index in [1.807, 2.05) is 19.9 Å². The van der Waals surface area contributed by atoms with E-state index in [0.717, 1.165) is 36.6 Å². The summed E-state index contributed by atoms with van der Waals surface area (Å²) in [5.41, 5.74) is 3.12. The predicted molar refractivity (Wildman–Crippen MR) is 93.6 cm³/mol. The third-order valence-electron chi connectivity index (χ3n) is 4.26. The fourth-order valence-electron chi connectivity index (χ4n) is 3.08. The fraction of sp³-hybridized carbons (Fsp3) is 0.353. The molecule has 2 aromatic heterocycles. The van der Waals surface area contributed by atoms with Gasteiger partial charge in [-0.25, -0.2) is 4.98 Å². The lowest BCUT2D eigenvalue weighted by molar-refractivity contribution is -0.385. The summed E-state index contributed by atoms with van der Waals surface area (Å²) in [4.78, 5) is 20.8. The molecule has 0 aromatic carbocycles. The standard InChI is InChI=1S/C17H18N6O2/c1-11-7-16(15(8-18)12(2)20-11)22-6-5-13(10-22)21-17-4-3-14(9-19-17)23(24)25/h3-4,7,9,13H,5-6,10H2,1-2H3,(H,19,21)/t13-/m0/s1. The van der Waals surface area contributed by atoms with E-state index in [9.17, 15) is 15.4 Å². The van der Waals surface area contributed by atoms with Crippen LogP contribution in [0.1, 0.15) is 23.4 Å². The first-order valence-corrected chi connectivity index (χ1v) is 7.98. The Morgan fingerprint density at radius 2 is 2.24 bits per heavy atom. The Balaban J connectivity index is 1.72. The van der Waals surface area contributed by atoms with E-state index in [4.69, 9.17) is 0 Å². The van der Waals surface area contributed by atoms with Crippen LogP contribution in [0.25, 0.3) is 0 Å². The quantitative estimate of drug-likeness (QED) is 0.674. The number of hydrogen-bond donors (Lipinski definition) is 1. The Morgan fingerprint density at radius 3 is 2.88 bits per heavy atom. The molecule has 3 rings (SSSR count). The predicted octanol–water partition coefficient (Wildman–Crippen LogP) is 2.56. The maximum atomic E-state index is 10.7. The molecule has 0 spiro atoms. The molecular weight excluding hydrogens is 320 g/mol. The molecule has 1 saturated heterocycles. The van der Waals surface area contributed by atoms with Crippen molar-refractivity contribution in [2.45, 2.75) is 26.3 Å². The van der Waals surface area contributed by atoms with Crippen LogP contribution in [0.15, 0.2) is 24.4 Å². The first kappa shape index (κ1) is 16.6. The summed E-state index contributed by atoms with van der Waals surface area (Å²) in [5.74, 6) is 0.611. The molecule has 1 fully saturated rings. The summed E-state index contributed by atoms with van der Waals surface area (Å²) in [7, 11) is 0. The Kier molecular flexibility index (Phi) is 4.48. The van der Waals surface area contributed by atoms with Crippen molar-refractivity contribution < 1.29 is 4.92 Å². The van der Waals surface area contributed by atoms with Gasteiger partial charge in [0.2, 0.25) is 0 Å². The molecule has 0 bridgehead atoms. The van der Waals surface area contributed by atoms with Crippen LogP contribution in [0.2, 0.25) is 0 Å². The summed E-state index contributed by atoms with van der Waals surface area (Å²) in [6.45, 7) is 5.32. The van der Waals surface area contributed by atoms with Crippen molar-refractivity contribution in [3.05, 3.63) is 51.5 Å². The highest BCUT2D eigenvalue weighted by atomic mass is 16.6. The van der Waals surface area contributed by atoms with Gasteiger partial charge in [0.1, 0.15) is 18.1 Å². The molecule has 0 amide bonds. The normalized spacial score (nSPS) is 16.5. The SMILES string of the molecule is Cc1cc(N2CC[C@H](Nc3ccc([N+](=O)[O-])cn3)C2)c(C#N)c(C)n1. The zero-order chi connectivity index (χ0) is 18.0. The van der Waals surface area contributed by atoms with Crippen LogP contribution in [0.3, 0.4) is 0 Å². The molecule has 1 aliphatic heterocycles. The van der Waals surface area contributed by atoms with Crippen molar-refractivity contribution in [1.29, 1.82) is 5.26 Å². The van der Waals surface area contributed by atoms with Gasteiger partial charge in [0.05, 0.1) is 21.9 Å². The van der Waals surface area contributed by atoms with Crippen LogP contribution in [-0.2, 0) is 0 Å². The second kappa shape index (κ2) is 6.73. The average Bonchev–Trinajstić information content (AvgIpc) is 3.03. The summed E-state index contributed by atoms with van der Waals surface area (Å²) >= 11 is 0. The first-order chi connectivity index (χ1) is 12.0. The van der Waals surface area contributed by atoms with E-state index >= 15 is 0 Å². The number of pyridine rings is 2. The number of aromatic nitrogens is 2. The van der Waals surface area contributed by atoms with Gasteiger partial charge in [-0.05, 0) is 32.4 Å². The number of hydrogen-bond acceptors (Lipinski definition) is 7. The van der Waals surface area contributed by atoms with E-state index in [1.165, 1.54) is 12.3 Å². The highest BCUT2D eigenvalue weighted by Crippen LogP contribution is 2.27. The Bertz CT molecular complexity index is 843. The van der Waals surface area contributed by atoms with Crippen LogP contribution in [0.5, 0.6) is 0 Å². The minimum absolute atomic E-state index is 0.0278. The Labute approximate surface area is 145 Å². The van der Waals surface area contributed by atoms with Gasteiger partial charge in [-0.2, -0.15) is 5.26 Å². The number of nitrogens with one attached hydrogen (secondary N) is 1. The van der Waals surface area contributed by atoms with Crippen LogP contribution in [-0.4, -0.2) is 34.0 Å². The summed E-state index contributed by atoms with van der Waals surface area (Å²) in [5, 5.41) is 23.4. The zero-order valence-electron chi connectivity index (χ0n) is 14.1. The highest BCUT2D eigenvalue weighted by Gasteiger charge is 2.25. The summed E-state index contributed by atoms with van der Waals surface area (Å²) in [6, 6.07) is 7.40. The van der Waals surface area contributed by atoms with Crippen LogP contribution >= 0.6 is 0 Å². The van der Waals surface area contributed by atoms with Crippen molar-refractivity contribution in [2.75, 3.05) is 23.3 Å². The average molecular weight is 338 g/mol. The lowest BCUT2D eigenvalue weighted by Gasteiger charge is -2.21. The topological polar surface area (TPSA) is 108 Å². The molecule has 2 aromatic rings. The van der Waals surface area contributed by atoms with Crippen molar-refractivity contribution >= 4 is 17.2 Å². The monoisotopic (exact) mass is 338 g/mol.